The van der Waals surface area contributed by atoms with Crippen LogP contribution in [0.2, 0.25) is 0 Å². The molecule has 2 heteroatoms. The predicted octanol–water partition coefficient (Wildman–Crippen LogP) is 2.66. The summed E-state index contributed by atoms with van der Waals surface area (Å²) in [6.45, 7) is 5.51. The van der Waals surface area contributed by atoms with E-state index >= 15 is 0 Å². The van der Waals surface area contributed by atoms with Crippen molar-refractivity contribution in [2.75, 3.05) is 20.6 Å². The molecule has 0 bridgehead atoms. The summed E-state index contributed by atoms with van der Waals surface area (Å²) in [7, 11) is 4.38. The summed E-state index contributed by atoms with van der Waals surface area (Å²) in [4.78, 5) is 2.36. The molecule has 2 atom stereocenters. The third-order valence-corrected chi connectivity index (χ3v) is 3.91. The van der Waals surface area contributed by atoms with Crippen molar-refractivity contribution in [3.8, 4) is 0 Å². The summed E-state index contributed by atoms with van der Waals surface area (Å²) in [6.07, 6.45) is 2.48. The second-order valence-electron chi connectivity index (χ2n) is 5.51. The van der Waals surface area contributed by atoms with E-state index in [1.54, 1.807) is 0 Å². The van der Waals surface area contributed by atoms with Crippen molar-refractivity contribution in [3.05, 3.63) is 34.9 Å². The average molecular weight is 232 g/mol. The van der Waals surface area contributed by atoms with E-state index in [0.717, 1.165) is 6.54 Å². The van der Waals surface area contributed by atoms with E-state index in [-0.39, 0.29) is 0 Å². The van der Waals surface area contributed by atoms with E-state index in [0.29, 0.717) is 12.1 Å². The Morgan fingerprint density at radius 1 is 1.24 bits per heavy atom. The second kappa shape index (κ2) is 5.19. The van der Waals surface area contributed by atoms with Crippen molar-refractivity contribution in [2.45, 2.75) is 38.8 Å². The van der Waals surface area contributed by atoms with Crippen LogP contribution in [-0.4, -0.2) is 31.6 Å². The van der Waals surface area contributed by atoms with Gasteiger partial charge in [0, 0.05) is 12.1 Å². The number of hydrogen-bond acceptors (Lipinski definition) is 2. The molecule has 1 saturated heterocycles. The van der Waals surface area contributed by atoms with Gasteiger partial charge in [-0.15, -0.1) is 0 Å². The third-order valence-electron chi connectivity index (χ3n) is 3.91. The number of nitrogens with zero attached hydrogens (tertiary/aromatic N) is 1. The Morgan fingerprint density at radius 3 is 2.65 bits per heavy atom. The van der Waals surface area contributed by atoms with Crippen LogP contribution < -0.4 is 5.32 Å². The monoisotopic (exact) mass is 232 g/mol. The molecule has 17 heavy (non-hydrogen) atoms. The zero-order chi connectivity index (χ0) is 12.4. The Kier molecular flexibility index (Phi) is 3.85. The van der Waals surface area contributed by atoms with Crippen LogP contribution in [0.25, 0.3) is 0 Å². The van der Waals surface area contributed by atoms with E-state index in [2.05, 4.69) is 56.4 Å². The van der Waals surface area contributed by atoms with E-state index in [9.17, 15) is 0 Å². The molecule has 0 radical (unpaired) electrons. The molecule has 1 aliphatic rings. The molecular weight excluding hydrogens is 208 g/mol. The summed E-state index contributed by atoms with van der Waals surface area (Å²) in [5.41, 5.74) is 4.25. The average Bonchev–Trinajstić information content (AvgIpc) is 2.29. The first-order valence-electron chi connectivity index (χ1n) is 6.55. The van der Waals surface area contributed by atoms with Crippen molar-refractivity contribution in [2.24, 2.45) is 0 Å². The summed E-state index contributed by atoms with van der Waals surface area (Å²) < 4.78 is 0. The first-order valence-corrected chi connectivity index (χ1v) is 6.55. The van der Waals surface area contributed by atoms with Gasteiger partial charge in [-0.05, 0) is 58.5 Å². The maximum absolute atomic E-state index is 3.65. The molecule has 0 spiro atoms. The van der Waals surface area contributed by atoms with Crippen LogP contribution in [-0.2, 0) is 0 Å². The maximum atomic E-state index is 3.65. The molecule has 1 aromatic carbocycles. The normalized spacial score (nSPS) is 25.2. The van der Waals surface area contributed by atoms with Crippen molar-refractivity contribution in [1.29, 1.82) is 0 Å². The van der Waals surface area contributed by atoms with E-state index < -0.39 is 0 Å². The number of aryl methyl sites for hydroxylation is 2. The first-order chi connectivity index (χ1) is 8.08. The van der Waals surface area contributed by atoms with Gasteiger partial charge in [0.2, 0.25) is 0 Å². The first kappa shape index (κ1) is 12.6. The Morgan fingerprint density at radius 2 is 2.00 bits per heavy atom. The maximum Gasteiger partial charge on any atom is 0.0337 e. The second-order valence-corrected chi connectivity index (χ2v) is 5.51. The van der Waals surface area contributed by atoms with E-state index in [4.69, 9.17) is 0 Å². The molecule has 2 nitrogen and oxygen atoms in total. The fourth-order valence-electron chi connectivity index (χ4n) is 2.82. The fourth-order valence-corrected chi connectivity index (χ4v) is 2.82. The lowest BCUT2D eigenvalue weighted by atomic mass is 9.90. The van der Waals surface area contributed by atoms with Crippen LogP contribution in [0, 0.1) is 13.8 Å². The quantitative estimate of drug-likeness (QED) is 0.843. The van der Waals surface area contributed by atoms with Gasteiger partial charge >= 0.3 is 0 Å². The Bertz CT molecular complexity index is 385. The third kappa shape index (κ3) is 2.88. The van der Waals surface area contributed by atoms with Crippen LogP contribution in [0.1, 0.15) is 35.6 Å². The zero-order valence-electron chi connectivity index (χ0n) is 11.5. The van der Waals surface area contributed by atoms with E-state index in [1.807, 2.05) is 0 Å². The summed E-state index contributed by atoms with van der Waals surface area (Å²) in [6, 6.07) is 8.04. The highest BCUT2D eigenvalue weighted by Crippen LogP contribution is 2.27. The summed E-state index contributed by atoms with van der Waals surface area (Å²) >= 11 is 0. The van der Waals surface area contributed by atoms with Gasteiger partial charge in [0.15, 0.2) is 0 Å². The Balaban J connectivity index is 2.16. The molecule has 0 amide bonds. The van der Waals surface area contributed by atoms with Crippen LogP contribution in [0.3, 0.4) is 0 Å². The Labute approximate surface area is 105 Å². The van der Waals surface area contributed by atoms with Gasteiger partial charge in [0.05, 0.1) is 0 Å². The van der Waals surface area contributed by atoms with E-state index in [1.165, 1.54) is 29.5 Å². The molecule has 0 saturated carbocycles. The predicted molar refractivity (Wildman–Crippen MR) is 73.4 cm³/mol. The topological polar surface area (TPSA) is 15.3 Å². The van der Waals surface area contributed by atoms with Gasteiger partial charge in [-0.3, -0.25) is 0 Å². The highest BCUT2D eigenvalue weighted by molar-refractivity contribution is 5.33. The van der Waals surface area contributed by atoms with Gasteiger partial charge in [0.1, 0.15) is 0 Å². The Hall–Kier alpha value is -0.860. The van der Waals surface area contributed by atoms with Crippen LogP contribution in [0.5, 0.6) is 0 Å². The molecular formula is C15H24N2. The van der Waals surface area contributed by atoms with Gasteiger partial charge in [0.25, 0.3) is 0 Å². The van der Waals surface area contributed by atoms with Gasteiger partial charge < -0.3 is 10.2 Å². The number of piperidine rings is 1. The molecule has 2 unspecified atom stereocenters. The smallest absolute Gasteiger partial charge is 0.0337 e. The minimum Gasteiger partial charge on any atom is -0.310 e. The number of benzene rings is 1. The van der Waals surface area contributed by atoms with Gasteiger partial charge in [-0.25, -0.2) is 0 Å². The molecule has 1 aliphatic heterocycles. The van der Waals surface area contributed by atoms with Crippen LogP contribution in [0.15, 0.2) is 18.2 Å². The lowest BCUT2D eigenvalue weighted by Gasteiger charge is -2.35. The lowest BCUT2D eigenvalue weighted by Crippen LogP contribution is -2.41. The molecule has 1 fully saturated rings. The minimum atomic E-state index is 0.525. The van der Waals surface area contributed by atoms with Gasteiger partial charge in [-0.2, -0.15) is 0 Å². The zero-order valence-corrected chi connectivity index (χ0v) is 11.5. The SMILES string of the molecule is Cc1ccc(C2CC(N(C)C)CCN2)c(C)c1. The van der Waals surface area contributed by atoms with Crippen molar-refractivity contribution < 1.29 is 0 Å². The molecule has 1 aromatic rings. The lowest BCUT2D eigenvalue weighted by molar-refractivity contribution is 0.207. The molecule has 2 rings (SSSR count). The number of hydrogen-bond donors (Lipinski definition) is 1. The highest BCUT2D eigenvalue weighted by atomic mass is 15.1. The van der Waals surface area contributed by atoms with Crippen molar-refractivity contribution in [1.82, 2.24) is 10.2 Å². The highest BCUT2D eigenvalue weighted by Gasteiger charge is 2.24. The number of rotatable bonds is 2. The molecule has 94 valence electrons. The summed E-state index contributed by atoms with van der Waals surface area (Å²) in [5.74, 6) is 0. The molecule has 1 heterocycles. The minimum absolute atomic E-state index is 0.525. The summed E-state index contributed by atoms with van der Waals surface area (Å²) in [5, 5.41) is 3.65. The molecule has 0 aliphatic carbocycles. The standard InChI is InChI=1S/C15H24N2/c1-11-5-6-14(12(2)9-11)15-10-13(17(3)4)7-8-16-15/h5-6,9,13,15-16H,7-8,10H2,1-4H3. The van der Waals surface area contributed by atoms with Crippen molar-refractivity contribution in [3.63, 3.8) is 0 Å². The molecule has 1 N–H and O–H groups in total. The van der Waals surface area contributed by atoms with Crippen LogP contribution in [0.4, 0.5) is 0 Å². The van der Waals surface area contributed by atoms with Gasteiger partial charge in [-0.1, -0.05) is 23.8 Å². The fraction of sp³-hybridized carbons (Fsp3) is 0.600. The molecule has 0 aromatic heterocycles. The van der Waals surface area contributed by atoms with Crippen molar-refractivity contribution >= 4 is 0 Å². The van der Waals surface area contributed by atoms with Crippen LogP contribution >= 0.6 is 0 Å². The number of nitrogens with one attached hydrogen (secondary N) is 1. The largest absolute Gasteiger partial charge is 0.310 e.